The molecular weight excluding hydrogens is 242 g/mol. The molecule has 0 bridgehead atoms. The lowest BCUT2D eigenvalue weighted by atomic mass is 10.2. The van der Waals surface area contributed by atoms with Gasteiger partial charge in [-0.2, -0.15) is 0 Å². The number of hydrogen-bond acceptors (Lipinski definition) is 4. The molecular formula is C12H16ClNO3. The zero-order valence-corrected chi connectivity index (χ0v) is 10.5. The number of ether oxygens (including phenoxy) is 3. The van der Waals surface area contributed by atoms with Crippen LogP contribution in [-0.4, -0.2) is 27.1 Å². The summed E-state index contributed by atoms with van der Waals surface area (Å²) in [5, 5.41) is 3.93. The van der Waals surface area contributed by atoms with Crippen molar-refractivity contribution in [3.63, 3.8) is 0 Å². The van der Waals surface area contributed by atoms with Gasteiger partial charge in [-0.15, -0.1) is 0 Å². The van der Waals surface area contributed by atoms with Gasteiger partial charge in [0.2, 0.25) is 6.79 Å². The van der Waals surface area contributed by atoms with Gasteiger partial charge in [0.15, 0.2) is 11.5 Å². The Morgan fingerprint density at radius 1 is 1.41 bits per heavy atom. The topological polar surface area (TPSA) is 39.7 Å². The lowest BCUT2D eigenvalue weighted by molar-refractivity contribution is 0.174. The lowest BCUT2D eigenvalue weighted by Crippen LogP contribution is -2.16. The number of rotatable bonds is 6. The molecule has 4 nitrogen and oxygen atoms in total. The van der Waals surface area contributed by atoms with Crippen LogP contribution in [0.5, 0.6) is 11.5 Å². The van der Waals surface area contributed by atoms with Crippen LogP contribution in [0.15, 0.2) is 12.1 Å². The molecule has 1 N–H and O–H groups in total. The van der Waals surface area contributed by atoms with Crippen molar-refractivity contribution >= 4 is 11.6 Å². The molecule has 0 unspecified atom stereocenters. The van der Waals surface area contributed by atoms with Crippen molar-refractivity contribution in [3.05, 3.63) is 22.7 Å². The SMILES string of the molecule is COCCCNCc1cc(Cl)c2c(c1)OCO2. The molecule has 1 aromatic carbocycles. The Balaban J connectivity index is 1.87. The van der Waals surface area contributed by atoms with Crippen LogP contribution in [0.2, 0.25) is 5.02 Å². The minimum Gasteiger partial charge on any atom is -0.454 e. The van der Waals surface area contributed by atoms with Crippen molar-refractivity contribution in [2.24, 2.45) is 0 Å². The van der Waals surface area contributed by atoms with Gasteiger partial charge in [0.25, 0.3) is 0 Å². The van der Waals surface area contributed by atoms with Crippen LogP contribution in [0.25, 0.3) is 0 Å². The molecule has 0 saturated heterocycles. The van der Waals surface area contributed by atoms with E-state index >= 15 is 0 Å². The molecule has 94 valence electrons. The summed E-state index contributed by atoms with van der Waals surface area (Å²) in [5.41, 5.74) is 1.09. The summed E-state index contributed by atoms with van der Waals surface area (Å²) >= 11 is 6.08. The van der Waals surface area contributed by atoms with Crippen LogP contribution in [0.3, 0.4) is 0 Å². The third-order valence-electron chi connectivity index (χ3n) is 2.52. The van der Waals surface area contributed by atoms with Crippen LogP contribution in [0.4, 0.5) is 0 Å². The molecule has 2 rings (SSSR count). The zero-order chi connectivity index (χ0) is 12.1. The second-order valence-corrected chi connectivity index (χ2v) is 4.24. The van der Waals surface area contributed by atoms with Gasteiger partial charge in [-0.05, 0) is 30.7 Å². The highest BCUT2D eigenvalue weighted by molar-refractivity contribution is 6.32. The van der Waals surface area contributed by atoms with Crippen molar-refractivity contribution in [1.82, 2.24) is 5.32 Å². The number of nitrogens with one attached hydrogen (secondary N) is 1. The minimum atomic E-state index is 0.250. The summed E-state index contributed by atoms with van der Waals surface area (Å²) < 4.78 is 15.5. The van der Waals surface area contributed by atoms with E-state index in [9.17, 15) is 0 Å². The first-order chi connectivity index (χ1) is 8.31. The van der Waals surface area contributed by atoms with E-state index in [1.54, 1.807) is 7.11 Å². The van der Waals surface area contributed by atoms with E-state index in [2.05, 4.69) is 5.32 Å². The molecule has 0 radical (unpaired) electrons. The Morgan fingerprint density at radius 2 is 2.29 bits per heavy atom. The van der Waals surface area contributed by atoms with E-state index in [1.165, 1.54) is 0 Å². The third kappa shape index (κ3) is 3.25. The predicted octanol–water partition coefficient (Wildman–Crippen LogP) is 2.19. The van der Waals surface area contributed by atoms with Gasteiger partial charge >= 0.3 is 0 Å². The van der Waals surface area contributed by atoms with Gasteiger partial charge in [0.05, 0.1) is 5.02 Å². The predicted molar refractivity (Wildman–Crippen MR) is 65.8 cm³/mol. The van der Waals surface area contributed by atoms with Gasteiger partial charge in [-0.1, -0.05) is 11.6 Å². The number of fused-ring (bicyclic) bond motifs is 1. The van der Waals surface area contributed by atoms with Gasteiger partial charge in [0, 0.05) is 20.3 Å². The third-order valence-corrected chi connectivity index (χ3v) is 2.80. The number of hydrogen-bond donors (Lipinski definition) is 1. The summed E-state index contributed by atoms with van der Waals surface area (Å²) in [5.74, 6) is 1.38. The van der Waals surface area contributed by atoms with E-state index in [-0.39, 0.29) is 6.79 Å². The molecule has 1 aliphatic heterocycles. The highest BCUT2D eigenvalue weighted by Crippen LogP contribution is 2.39. The molecule has 0 aliphatic carbocycles. The lowest BCUT2D eigenvalue weighted by Gasteiger charge is -2.06. The maximum Gasteiger partial charge on any atom is 0.231 e. The maximum atomic E-state index is 6.08. The van der Waals surface area contributed by atoms with Crippen LogP contribution in [0, 0.1) is 0 Å². The van der Waals surface area contributed by atoms with Crippen LogP contribution < -0.4 is 14.8 Å². The summed E-state index contributed by atoms with van der Waals surface area (Å²) in [6.07, 6.45) is 0.995. The first-order valence-corrected chi connectivity index (χ1v) is 5.96. The number of benzene rings is 1. The Morgan fingerprint density at radius 3 is 3.12 bits per heavy atom. The van der Waals surface area contributed by atoms with Gasteiger partial charge < -0.3 is 19.5 Å². The molecule has 0 amide bonds. The molecule has 0 fully saturated rings. The van der Waals surface area contributed by atoms with Gasteiger partial charge in [-0.25, -0.2) is 0 Å². The molecule has 0 aromatic heterocycles. The van der Waals surface area contributed by atoms with Gasteiger partial charge in [-0.3, -0.25) is 0 Å². The molecule has 0 spiro atoms. The molecule has 5 heteroatoms. The van der Waals surface area contributed by atoms with E-state index in [1.807, 2.05) is 12.1 Å². The monoisotopic (exact) mass is 257 g/mol. The van der Waals surface area contributed by atoms with E-state index < -0.39 is 0 Å². The summed E-state index contributed by atoms with van der Waals surface area (Å²) in [4.78, 5) is 0. The Bertz CT molecular complexity index is 384. The van der Waals surface area contributed by atoms with Crippen molar-refractivity contribution in [3.8, 4) is 11.5 Å². The molecule has 0 saturated carbocycles. The zero-order valence-electron chi connectivity index (χ0n) is 9.79. The Hall–Kier alpha value is -0.970. The number of methoxy groups -OCH3 is 1. The summed E-state index contributed by atoms with van der Waals surface area (Å²) in [7, 11) is 1.71. The van der Waals surface area contributed by atoms with E-state index in [4.69, 9.17) is 25.8 Å². The summed E-state index contributed by atoms with van der Waals surface area (Å²) in [6, 6.07) is 3.86. The fourth-order valence-electron chi connectivity index (χ4n) is 1.70. The highest BCUT2D eigenvalue weighted by atomic mass is 35.5. The Kier molecular flexibility index (Phi) is 4.48. The average Bonchev–Trinajstić information content (AvgIpc) is 2.77. The van der Waals surface area contributed by atoms with Crippen LogP contribution in [0.1, 0.15) is 12.0 Å². The maximum absolute atomic E-state index is 6.08. The normalized spacial score (nSPS) is 13.1. The molecule has 0 atom stereocenters. The Labute approximate surface area is 106 Å². The summed E-state index contributed by atoms with van der Waals surface area (Å²) in [6.45, 7) is 2.70. The fraction of sp³-hybridized carbons (Fsp3) is 0.500. The second kappa shape index (κ2) is 6.10. The molecule has 17 heavy (non-hydrogen) atoms. The molecule has 1 heterocycles. The van der Waals surface area contributed by atoms with Crippen LogP contribution >= 0.6 is 11.6 Å². The van der Waals surface area contributed by atoms with Crippen molar-refractivity contribution in [1.29, 1.82) is 0 Å². The largest absolute Gasteiger partial charge is 0.454 e. The second-order valence-electron chi connectivity index (χ2n) is 3.83. The fourth-order valence-corrected chi connectivity index (χ4v) is 1.98. The quantitative estimate of drug-likeness (QED) is 0.793. The minimum absolute atomic E-state index is 0.250. The highest BCUT2D eigenvalue weighted by Gasteiger charge is 2.17. The van der Waals surface area contributed by atoms with E-state index in [0.29, 0.717) is 10.8 Å². The first kappa shape index (κ1) is 12.5. The first-order valence-electron chi connectivity index (χ1n) is 5.59. The van der Waals surface area contributed by atoms with Gasteiger partial charge in [0.1, 0.15) is 0 Å². The number of halogens is 1. The smallest absolute Gasteiger partial charge is 0.231 e. The standard InChI is InChI=1S/C12H16ClNO3/c1-15-4-2-3-14-7-9-5-10(13)12-11(6-9)16-8-17-12/h5-6,14H,2-4,7-8H2,1H3. The molecule has 1 aromatic rings. The average molecular weight is 258 g/mol. The van der Waals surface area contributed by atoms with Crippen molar-refractivity contribution in [2.75, 3.05) is 27.1 Å². The molecule has 1 aliphatic rings. The van der Waals surface area contributed by atoms with Crippen molar-refractivity contribution in [2.45, 2.75) is 13.0 Å². The van der Waals surface area contributed by atoms with Crippen LogP contribution in [-0.2, 0) is 11.3 Å². The van der Waals surface area contributed by atoms with E-state index in [0.717, 1.165) is 37.4 Å². The van der Waals surface area contributed by atoms with Crippen molar-refractivity contribution < 1.29 is 14.2 Å².